The van der Waals surface area contributed by atoms with Gasteiger partial charge in [0.15, 0.2) is 0 Å². The lowest BCUT2D eigenvalue weighted by atomic mass is 9.96. The van der Waals surface area contributed by atoms with Crippen molar-refractivity contribution in [1.82, 2.24) is 0 Å². The van der Waals surface area contributed by atoms with Crippen LogP contribution in [-0.2, 0) is 6.42 Å². The van der Waals surface area contributed by atoms with Gasteiger partial charge in [-0.05, 0) is 29.9 Å². The van der Waals surface area contributed by atoms with E-state index in [0.717, 1.165) is 0 Å². The van der Waals surface area contributed by atoms with Crippen molar-refractivity contribution >= 4 is 0 Å². The van der Waals surface area contributed by atoms with E-state index in [4.69, 9.17) is 0 Å². The number of benzene rings is 1. The van der Waals surface area contributed by atoms with E-state index in [2.05, 4.69) is 43.3 Å². The van der Waals surface area contributed by atoms with Gasteiger partial charge in [0.05, 0.1) is 0 Å². The van der Waals surface area contributed by atoms with Gasteiger partial charge in [-0.3, -0.25) is 0 Å². The molecule has 0 heteroatoms. The van der Waals surface area contributed by atoms with Crippen molar-refractivity contribution in [2.75, 3.05) is 0 Å². The molecule has 0 fully saturated rings. The molecular formula is C12H14. The molecule has 62 valence electrons. The Morgan fingerprint density at radius 2 is 2.08 bits per heavy atom. The summed E-state index contributed by atoms with van der Waals surface area (Å²) in [5, 5.41) is 0. The van der Waals surface area contributed by atoms with E-state index in [0.29, 0.717) is 5.92 Å². The molecule has 1 aliphatic carbocycles. The summed E-state index contributed by atoms with van der Waals surface area (Å²) in [6.07, 6.45) is 7.01. The van der Waals surface area contributed by atoms with Crippen LogP contribution in [0.2, 0.25) is 0 Å². The van der Waals surface area contributed by atoms with Gasteiger partial charge in [-0.15, -0.1) is 0 Å². The van der Waals surface area contributed by atoms with Crippen LogP contribution in [0.3, 0.4) is 0 Å². The molecule has 0 nitrogen and oxygen atoms in total. The highest BCUT2D eigenvalue weighted by Crippen LogP contribution is 2.25. The van der Waals surface area contributed by atoms with Gasteiger partial charge in [-0.1, -0.05) is 43.3 Å². The Labute approximate surface area is 73.9 Å². The van der Waals surface area contributed by atoms with E-state index >= 15 is 0 Å². The lowest BCUT2D eigenvalue weighted by Crippen LogP contribution is -1.93. The topological polar surface area (TPSA) is 0 Å². The van der Waals surface area contributed by atoms with E-state index in [1.54, 1.807) is 0 Å². The summed E-state index contributed by atoms with van der Waals surface area (Å²) in [5.74, 6) is 0.601. The first-order chi connectivity index (χ1) is 5.88. The molecule has 0 amide bonds. The fourth-order valence-electron chi connectivity index (χ4n) is 1.85. The molecule has 12 heavy (non-hydrogen) atoms. The summed E-state index contributed by atoms with van der Waals surface area (Å²) in [7, 11) is 0. The van der Waals surface area contributed by atoms with E-state index in [1.165, 1.54) is 24.0 Å². The summed E-state index contributed by atoms with van der Waals surface area (Å²) < 4.78 is 0. The van der Waals surface area contributed by atoms with Crippen LogP contribution >= 0.6 is 0 Å². The number of hydrogen-bond donors (Lipinski definition) is 0. The summed E-state index contributed by atoms with van der Waals surface area (Å²) in [6.45, 7) is 2.26. The molecule has 1 aromatic carbocycles. The number of allylic oxidation sites excluding steroid dienone is 2. The van der Waals surface area contributed by atoms with Gasteiger partial charge in [0, 0.05) is 0 Å². The normalized spacial score (nSPS) is 21.6. The molecule has 1 aromatic rings. The Balaban J connectivity index is 2.46. The summed E-state index contributed by atoms with van der Waals surface area (Å²) >= 11 is 0. The molecule has 0 aliphatic heterocycles. The maximum absolute atomic E-state index is 2.31. The minimum Gasteiger partial charge on any atom is -0.0876 e. The first-order valence-corrected chi connectivity index (χ1v) is 4.62. The fourth-order valence-corrected chi connectivity index (χ4v) is 1.85. The molecule has 0 aromatic heterocycles. The van der Waals surface area contributed by atoms with E-state index < -0.39 is 0 Å². The van der Waals surface area contributed by atoms with Crippen molar-refractivity contribution in [1.29, 1.82) is 0 Å². The van der Waals surface area contributed by atoms with Crippen molar-refractivity contribution in [2.24, 2.45) is 0 Å². The van der Waals surface area contributed by atoms with Crippen LogP contribution < -0.4 is 0 Å². The van der Waals surface area contributed by atoms with Gasteiger partial charge in [-0.25, -0.2) is 0 Å². The van der Waals surface area contributed by atoms with Crippen molar-refractivity contribution < 1.29 is 0 Å². The van der Waals surface area contributed by atoms with Crippen LogP contribution in [0.1, 0.15) is 30.4 Å². The maximum Gasteiger partial charge on any atom is -0.000771 e. The highest BCUT2D eigenvalue weighted by Gasteiger charge is 2.08. The van der Waals surface area contributed by atoms with Crippen LogP contribution in [-0.4, -0.2) is 0 Å². The SMILES string of the molecule is CC1C=CCCc2ccccc21. The molecule has 2 rings (SSSR count). The number of fused-ring (bicyclic) bond motifs is 1. The monoisotopic (exact) mass is 158 g/mol. The second-order valence-corrected chi connectivity index (χ2v) is 3.45. The standard InChI is InChI=1S/C12H14/c1-10-6-2-3-7-11-8-4-5-9-12(10)11/h2,4-6,8-10H,3,7H2,1H3. The summed E-state index contributed by atoms with van der Waals surface area (Å²) in [6, 6.07) is 8.76. The van der Waals surface area contributed by atoms with Crippen LogP contribution in [0.15, 0.2) is 36.4 Å². The Morgan fingerprint density at radius 1 is 1.25 bits per heavy atom. The molecule has 1 atom stereocenters. The van der Waals surface area contributed by atoms with Crippen molar-refractivity contribution in [3.8, 4) is 0 Å². The molecule has 1 unspecified atom stereocenters. The van der Waals surface area contributed by atoms with Gasteiger partial charge in [0.1, 0.15) is 0 Å². The molecule has 0 spiro atoms. The van der Waals surface area contributed by atoms with E-state index in [1.807, 2.05) is 0 Å². The quantitative estimate of drug-likeness (QED) is 0.508. The van der Waals surface area contributed by atoms with Crippen LogP contribution in [0.5, 0.6) is 0 Å². The zero-order valence-corrected chi connectivity index (χ0v) is 7.46. The third-order valence-electron chi connectivity index (χ3n) is 2.55. The lowest BCUT2D eigenvalue weighted by molar-refractivity contribution is 0.943. The highest BCUT2D eigenvalue weighted by atomic mass is 14.1. The molecule has 0 radical (unpaired) electrons. The first-order valence-electron chi connectivity index (χ1n) is 4.62. The maximum atomic E-state index is 2.31. The third-order valence-corrected chi connectivity index (χ3v) is 2.55. The Kier molecular flexibility index (Phi) is 1.99. The van der Waals surface area contributed by atoms with Crippen LogP contribution in [0.4, 0.5) is 0 Å². The number of aryl methyl sites for hydroxylation is 1. The minimum absolute atomic E-state index is 0.601. The predicted octanol–water partition coefficient (Wildman–Crippen LogP) is 3.29. The second-order valence-electron chi connectivity index (χ2n) is 3.45. The Bertz CT molecular complexity index is 297. The van der Waals surface area contributed by atoms with Gasteiger partial charge >= 0.3 is 0 Å². The predicted molar refractivity (Wildman–Crippen MR) is 52.3 cm³/mol. The zero-order valence-electron chi connectivity index (χ0n) is 7.46. The zero-order chi connectivity index (χ0) is 8.39. The third kappa shape index (κ3) is 1.29. The van der Waals surface area contributed by atoms with Crippen molar-refractivity contribution in [3.63, 3.8) is 0 Å². The van der Waals surface area contributed by atoms with Gasteiger partial charge < -0.3 is 0 Å². The first kappa shape index (κ1) is 7.60. The second kappa shape index (κ2) is 3.14. The Morgan fingerprint density at radius 3 is 3.00 bits per heavy atom. The van der Waals surface area contributed by atoms with Crippen LogP contribution in [0, 0.1) is 0 Å². The number of hydrogen-bond acceptors (Lipinski definition) is 0. The molecule has 0 N–H and O–H groups in total. The highest BCUT2D eigenvalue weighted by molar-refractivity contribution is 5.34. The summed E-state index contributed by atoms with van der Waals surface area (Å²) in [4.78, 5) is 0. The van der Waals surface area contributed by atoms with E-state index in [9.17, 15) is 0 Å². The van der Waals surface area contributed by atoms with Crippen molar-refractivity contribution in [3.05, 3.63) is 47.5 Å². The average molecular weight is 158 g/mol. The average Bonchev–Trinajstić information content (AvgIpc) is 2.29. The van der Waals surface area contributed by atoms with Gasteiger partial charge in [0.25, 0.3) is 0 Å². The molecule has 1 aliphatic rings. The van der Waals surface area contributed by atoms with Gasteiger partial charge in [-0.2, -0.15) is 0 Å². The van der Waals surface area contributed by atoms with E-state index in [-0.39, 0.29) is 0 Å². The summed E-state index contributed by atoms with van der Waals surface area (Å²) in [5.41, 5.74) is 3.03. The molecule has 0 saturated carbocycles. The van der Waals surface area contributed by atoms with Gasteiger partial charge in [0.2, 0.25) is 0 Å². The Hall–Kier alpha value is -1.04. The fraction of sp³-hybridized carbons (Fsp3) is 0.333. The van der Waals surface area contributed by atoms with Crippen molar-refractivity contribution in [2.45, 2.75) is 25.7 Å². The molecule has 0 heterocycles. The molecule has 0 saturated heterocycles. The van der Waals surface area contributed by atoms with Crippen LogP contribution in [0.25, 0.3) is 0 Å². The molecular weight excluding hydrogens is 144 g/mol. The minimum atomic E-state index is 0.601. The number of rotatable bonds is 0. The largest absolute Gasteiger partial charge is 0.0876 e. The smallest absolute Gasteiger partial charge is 0.000771 e. The lowest BCUT2D eigenvalue weighted by Gasteiger charge is -2.09. The molecule has 0 bridgehead atoms.